The predicted molar refractivity (Wildman–Crippen MR) is 172 cm³/mol. The Hall–Kier alpha value is 0.212. The molecule has 8 unspecified atom stereocenters. The van der Waals surface area contributed by atoms with Gasteiger partial charge in [-0.05, 0) is 98.7 Å². The van der Waals surface area contributed by atoms with Gasteiger partial charge in [-0.3, -0.25) is 42.5 Å². The molecule has 8 N–H and O–H groups in total. The first-order valence-corrected chi connectivity index (χ1v) is 20.9. The van der Waals surface area contributed by atoms with Crippen molar-refractivity contribution in [3.05, 3.63) is 0 Å². The number of nitrogens with one attached hydrogen (secondary N) is 8. The summed E-state index contributed by atoms with van der Waals surface area (Å²) in [6.45, 7) is 0. The van der Waals surface area contributed by atoms with E-state index in [0.29, 0.717) is 49.3 Å². The second kappa shape index (κ2) is 12.8. The fourth-order valence-corrected chi connectivity index (χ4v) is 12.0. The van der Waals surface area contributed by atoms with E-state index in [-0.39, 0.29) is 0 Å². The van der Waals surface area contributed by atoms with Crippen molar-refractivity contribution in [1.29, 1.82) is 0 Å². The molecule has 8 atom stereocenters. The quantitative estimate of drug-likeness (QED) is 0.202. The van der Waals surface area contributed by atoms with Gasteiger partial charge in [0.25, 0.3) is 0 Å². The molecule has 0 aromatic carbocycles. The molecule has 236 valence electrons. The number of hydrogen-bond acceptors (Lipinski definition) is 8. The average molecular weight is 597 g/mol. The molecular formula is C33H61AlN8. The number of hydrogen-bond donors (Lipinski definition) is 8. The van der Waals surface area contributed by atoms with Crippen molar-refractivity contribution in [3.63, 3.8) is 0 Å². The van der Waals surface area contributed by atoms with Crippen LogP contribution in [0.3, 0.4) is 0 Å². The van der Waals surface area contributed by atoms with Crippen LogP contribution in [0.1, 0.15) is 103 Å². The van der Waals surface area contributed by atoms with E-state index >= 15 is 0 Å². The third-order valence-corrected chi connectivity index (χ3v) is 13.8. The molecule has 9 rings (SSSR count). The molecule has 5 heterocycles. The lowest BCUT2D eigenvalue weighted by Crippen LogP contribution is -2.61. The van der Waals surface area contributed by atoms with Gasteiger partial charge in [0.2, 0.25) is 16.3 Å². The average Bonchev–Trinajstić information content (AvgIpc) is 3.78. The molecule has 9 aliphatic rings. The van der Waals surface area contributed by atoms with Gasteiger partial charge >= 0.3 is 0 Å². The summed E-state index contributed by atoms with van der Waals surface area (Å²) in [5, 5.41) is 33.8. The Morgan fingerprint density at radius 1 is 0.262 bits per heavy atom. The van der Waals surface area contributed by atoms with Crippen molar-refractivity contribution < 1.29 is 0 Å². The van der Waals surface area contributed by atoms with Crippen molar-refractivity contribution in [3.8, 4) is 0 Å². The highest BCUT2D eigenvalue weighted by atomic mass is 27.0. The highest BCUT2D eigenvalue weighted by molar-refractivity contribution is 6.05. The molecule has 5 saturated heterocycles. The second-order valence-corrected chi connectivity index (χ2v) is 15.6. The minimum atomic E-state index is 0.420. The monoisotopic (exact) mass is 596 g/mol. The fourth-order valence-electron chi connectivity index (χ4n) is 12.0. The molecule has 5 aliphatic heterocycles. The summed E-state index contributed by atoms with van der Waals surface area (Å²) >= 11 is 1.31. The van der Waals surface area contributed by atoms with E-state index in [1.54, 1.807) is 0 Å². The topological polar surface area (TPSA) is 96.2 Å². The van der Waals surface area contributed by atoms with Crippen LogP contribution in [-0.2, 0) is 0 Å². The molecule has 42 heavy (non-hydrogen) atoms. The van der Waals surface area contributed by atoms with E-state index in [4.69, 9.17) is 0 Å². The maximum absolute atomic E-state index is 4.26. The van der Waals surface area contributed by atoms with Crippen LogP contribution in [0.15, 0.2) is 0 Å². The first kappa shape index (κ1) is 29.6. The third kappa shape index (κ3) is 5.28. The highest BCUT2D eigenvalue weighted by Gasteiger charge is 2.54. The number of rotatable bonds is 0. The fraction of sp³-hybridized carbons (Fsp3) is 1.00. The van der Waals surface area contributed by atoms with Gasteiger partial charge in [0.1, 0.15) is 0 Å². The lowest BCUT2D eigenvalue weighted by atomic mass is 9.76. The standard InChI is InChI=1S/C32H56N8.CH3.Al.2H/c1-2-10-18-17(9-1)25-33-26(18)38-28-21-13-5-6-14-22(21)30(35-28)40-32-24-16-8-7-15-23(24)31(36-32)39-29-20-12-4-3-11-19(20)27(34-29)37-25;;;;/h17-40H,1-16H2;1H3;;;. The Labute approximate surface area is 263 Å². The molecule has 8 nitrogen and oxygen atoms in total. The van der Waals surface area contributed by atoms with E-state index in [2.05, 4.69) is 48.3 Å². The van der Waals surface area contributed by atoms with Crippen LogP contribution in [0, 0.1) is 47.3 Å². The van der Waals surface area contributed by atoms with Gasteiger partial charge in [0.05, 0.1) is 49.3 Å². The van der Waals surface area contributed by atoms with E-state index in [0.717, 1.165) is 47.3 Å². The lowest BCUT2D eigenvalue weighted by molar-refractivity contribution is 0.167. The third-order valence-electron chi connectivity index (χ3n) is 13.8. The van der Waals surface area contributed by atoms with E-state index in [1.165, 1.54) is 119 Å². The van der Waals surface area contributed by atoms with Gasteiger partial charge in [-0.25, -0.2) is 0 Å². The zero-order valence-electron chi connectivity index (χ0n) is 26.6. The maximum Gasteiger partial charge on any atom is 0.207 e. The summed E-state index contributed by atoms with van der Waals surface area (Å²) in [5.74, 6) is 8.11. The maximum atomic E-state index is 4.26. The zero-order valence-corrected chi connectivity index (χ0v) is 28.6. The van der Waals surface area contributed by atoms with E-state index < -0.39 is 0 Å². The molecule has 0 radical (unpaired) electrons. The van der Waals surface area contributed by atoms with Gasteiger partial charge in [0, 0.05) is 0 Å². The predicted octanol–water partition coefficient (Wildman–Crippen LogP) is 2.27. The van der Waals surface area contributed by atoms with Crippen LogP contribution in [0.25, 0.3) is 0 Å². The first-order chi connectivity index (χ1) is 20.8. The second-order valence-electron chi connectivity index (χ2n) is 15.6. The molecule has 0 spiro atoms. The summed E-state index contributed by atoms with van der Waals surface area (Å²) in [7, 11) is 0. The zero-order chi connectivity index (χ0) is 28.2. The Bertz CT molecular complexity index is 716. The van der Waals surface area contributed by atoms with Crippen molar-refractivity contribution >= 4 is 16.3 Å². The molecular weight excluding hydrogens is 535 g/mol. The summed E-state index contributed by atoms with van der Waals surface area (Å²) in [5.41, 5.74) is 0. The van der Waals surface area contributed by atoms with Crippen LogP contribution in [0.2, 0.25) is 5.79 Å². The minimum absolute atomic E-state index is 0.420. The van der Waals surface area contributed by atoms with Gasteiger partial charge in [-0.1, -0.05) is 51.4 Å². The molecule has 9 fully saturated rings. The smallest absolute Gasteiger partial charge is 0.207 e. The summed E-state index contributed by atoms with van der Waals surface area (Å²) in [6.07, 6.45) is 25.6. The Balaban J connectivity index is 0.00000131. The van der Waals surface area contributed by atoms with Crippen LogP contribution in [-0.4, -0.2) is 65.6 Å². The van der Waals surface area contributed by atoms with E-state index in [1.807, 2.05) is 0 Å². The molecule has 0 aromatic rings. The van der Waals surface area contributed by atoms with Crippen molar-refractivity contribution in [2.45, 2.75) is 158 Å². The summed E-state index contributed by atoms with van der Waals surface area (Å²) in [4.78, 5) is 0. The van der Waals surface area contributed by atoms with Gasteiger partial charge in [-0.2, -0.15) is 0 Å². The summed E-state index contributed by atoms with van der Waals surface area (Å²) < 4.78 is 0. The molecule has 8 bridgehead atoms. The minimum Gasteiger partial charge on any atom is -0.286 e. The Morgan fingerprint density at radius 2 is 0.381 bits per heavy atom. The molecule has 4 aliphatic carbocycles. The van der Waals surface area contributed by atoms with Crippen molar-refractivity contribution in [1.82, 2.24) is 42.5 Å². The van der Waals surface area contributed by atoms with Gasteiger partial charge in [0.15, 0.2) is 0 Å². The highest BCUT2D eigenvalue weighted by Crippen LogP contribution is 2.45. The SMILES string of the molecule is C1CCC2C3NC(NC4NC(NC5NC(NC6NC(N3)C3CCCCC63)C3CCCCC53)C3CCCCC43)C2C1.[CH3][AlH2]. The van der Waals surface area contributed by atoms with Crippen molar-refractivity contribution in [2.75, 3.05) is 0 Å². The molecule has 9 heteroatoms. The molecule has 0 amide bonds. The normalized spacial score (nSPS) is 55.0. The van der Waals surface area contributed by atoms with Crippen LogP contribution >= 0.6 is 0 Å². The van der Waals surface area contributed by atoms with Crippen LogP contribution in [0.5, 0.6) is 0 Å². The van der Waals surface area contributed by atoms with E-state index in [9.17, 15) is 0 Å². The Kier molecular flexibility index (Phi) is 9.01. The number of fused-ring (bicyclic) bond motifs is 20. The van der Waals surface area contributed by atoms with Gasteiger partial charge in [-0.15, -0.1) is 5.79 Å². The van der Waals surface area contributed by atoms with Crippen LogP contribution in [0.4, 0.5) is 0 Å². The largest absolute Gasteiger partial charge is 0.286 e. The van der Waals surface area contributed by atoms with Crippen molar-refractivity contribution in [2.24, 2.45) is 47.3 Å². The molecule has 4 saturated carbocycles. The first-order valence-electron chi connectivity index (χ1n) is 18.9. The Morgan fingerprint density at radius 3 is 0.500 bits per heavy atom. The van der Waals surface area contributed by atoms with Gasteiger partial charge < -0.3 is 0 Å². The molecule has 0 aromatic heterocycles. The summed E-state index contributed by atoms with van der Waals surface area (Å²) in [6, 6.07) is 0. The van der Waals surface area contributed by atoms with Crippen LogP contribution < -0.4 is 42.5 Å². The lowest BCUT2D eigenvalue weighted by Gasteiger charge is -2.35.